The summed E-state index contributed by atoms with van der Waals surface area (Å²) in [5.41, 5.74) is 8.42. The van der Waals surface area contributed by atoms with Gasteiger partial charge in [0.1, 0.15) is 11.6 Å². The van der Waals surface area contributed by atoms with Gasteiger partial charge in [-0.05, 0) is 81.3 Å². The number of anilines is 2. The lowest BCUT2D eigenvalue weighted by molar-refractivity contribution is -0.135. The zero-order valence-electron chi connectivity index (χ0n) is 27.4. The Kier molecular flexibility index (Phi) is 9.07. The average Bonchev–Trinajstić information content (AvgIpc) is 3.34. The van der Waals surface area contributed by atoms with Crippen molar-refractivity contribution in [3.05, 3.63) is 58.7 Å². The molecule has 2 aromatic rings. The molecule has 5 heterocycles. The van der Waals surface area contributed by atoms with E-state index < -0.39 is 17.7 Å². The number of nitrogens with one attached hydrogen (secondary N) is 3. The third-order valence-corrected chi connectivity index (χ3v) is 10.8. The second kappa shape index (κ2) is 13.5. The van der Waals surface area contributed by atoms with Gasteiger partial charge in [-0.15, -0.1) is 0 Å². The molecule has 0 bridgehead atoms. The molecule has 0 aliphatic carbocycles. The van der Waals surface area contributed by atoms with E-state index in [0.717, 1.165) is 66.8 Å². The van der Waals surface area contributed by atoms with Crippen molar-refractivity contribution in [2.24, 2.45) is 5.10 Å². The lowest BCUT2D eigenvalue weighted by Gasteiger charge is -2.44. The first-order valence-corrected chi connectivity index (χ1v) is 17.5. The van der Waals surface area contributed by atoms with Gasteiger partial charge in [-0.25, -0.2) is 9.59 Å². The van der Waals surface area contributed by atoms with Crippen molar-refractivity contribution in [1.82, 2.24) is 20.0 Å². The number of aryl methyl sites for hydroxylation is 2. The molecule has 5 aliphatic rings. The molecule has 5 aliphatic heterocycles. The molecule has 0 radical (unpaired) electrons. The summed E-state index contributed by atoms with van der Waals surface area (Å²) in [5, 5.41) is 10.3. The first kappa shape index (κ1) is 31.5. The molecule has 1 atom stereocenters. The highest BCUT2D eigenvalue weighted by atomic mass is 16.6. The molecule has 1 unspecified atom stereocenters. The van der Waals surface area contributed by atoms with Crippen molar-refractivity contribution in [2.75, 3.05) is 50.0 Å². The number of nitrogens with zero attached hydrogens (tertiary/aromatic N) is 4. The molecule has 0 aromatic heterocycles. The van der Waals surface area contributed by atoms with E-state index in [-0.39, 0.29) is 11.9 Å². The van der Waals surface area contributed by atoms with Crippen LogP contribution >= 0.6 is 0 Å². The number of carbonyl (C=O) groups is 3. The standard InChI is InChI=1S/C36H47N7O4/c1-25-22-26(23-27-8-7-15-37-40-32(25)27)24-31(33(44)42-18-11-28(12-19-42)41-16-5-2-6-17-41)38-34(45)43-20-13-36(14-21-43)29-9-3-4-10-30(29)39-35(46)47-36/h3-4,9-10,15,22-23,28,31,40H,2,5-8,11-14,16-21,24H2,1H3,(H,38,45)(H,39,46). The Morgan fingerprint density at radius 1 is 1.02 bits per heavy atom. The van der Waals surface area contributed by atoms with Crippen LogP contribution in [0.5, 0.6) is 0 Å². The number of piperidine rings is 3. The van der Waals surface area contributed by atoms with E-state index in [4.69, 9.17) is 4.74 Å². The van der Waals surface area contributed by atoms with Crippen LogP contribution in [0.1, 0.15) is 73.6 Å². The van der Waals surface area contributed by atoms with Crippen molar-refractivity contribution in [3.8, 4) is 0 Å². The summed E-state index contributed by atoms with van der Waals surface area (Å²) in [6, 6.07) is 11.6. The van der Waals surface area contributed by atoms with Crippen LogP contribution < -0.4 is 16.1 Å². The van der Waals surface area contributed by atoms with Crippen LogP contribution in [0.25, 0.3) is 0 Å². The van der Waals surface area contributed by atoms with Crippen LogP contribution in [-0.4, -0.2) is 90.3 Å². The fourth-order valence-corrected chi connectivity index (χ4v) is 8.24. The minimum atomic E-state index is -0.763. The zero-order valence-corrected chi connectivity index (χ0v) is 27.4. The van der Waals surface area contributed by atoms with E-state index in [1.165, 1.54) is 24.8 Å². The number of fused-ring (bicyclic) bond motifs is 3. The number of hydrogen-bond donors (Lipinski definition) is 3. The lowest BCUT2D eigenvalue weighted by atomic mass is 9.82. The maximum atomic E-state index is 14.2. The van der Waals surface area contributed by atoms with Gasteiger partial charge in [0.2, 0.25) is 5.91 Å². The molecule has 250 valence electrons. The normalized spacial score (nSPS) is 21.9. The van der Waals surface area contributed by atoms with Gasteiger partial charge in [-0.1, -0.05) is 36.8 Å². The molecule has 3 fully saturated rings. The molecule has 47 heavy (non-hydrogen) atoms. The Balaban J connectivity index is 1.06. The molecule has 11 nitrogen and oxygen atoms in total. The molecule has 11 heteroatoms. The number of carbonyl (C=O) groups excluding carboxylic acids is 3. The van der Waals surface area contributed by atoms with Gasteiger partial charge >= 0.3 is 12.1 Å². The number of hydrazone groups is 1. The van der Waals surface area contributed by atoms with Crippen LogP contribution in [0.4, 0.5) is 21.0 Å². The number of urea groups is 1. The van der Waals surface area contributed by atoms with Gasteiger partial charge in [0.15, 0.2) is 0 Å². The summed E-state index contributed by atoms with van der Waals surface area (Å²) in [7, 11) is 0. The van der Waals surface area contributed by atoms with Crippen LogP contribution in [0.3, 0.4) is 0 Å². The monoisotopic (exact) mass is 641 g/mol. The summed E-state index contributed by atoms with van der Waals surface area (Å²) in [4.78, 5) is 46.9. The maximum Gasteiger partial charge on any atom is 0.412 e. The van der Waals surface area contributed by atoms with Gasteiger partial charge in [0.25, 0.3) is 0 Å². The number of para-hydroxylation sites is 1. The number of rotatable bonds is 5. The van der Waals surface area contributed by atoms with E-state index in [1.807, 2.05) is 35.4 Å². The topological polar surface area (TPSA) is 119 Å². The number of amides is 4. The first-order chi connectivity index (χ1) is 22.9. The largest absolute Gasteiger partial charge is 0.438 e. The third-order valence-electron chi connectivity index (χ3n) is 10.8. The number of likely N-dealkylation sites (tertiary alicyclic amines) is 3. The van der Waals surface area contributed by atoms with Crippen molar-refractivity contribution >= 4 is 35.6 Å². The average molecular weight is 642 g/mol. The van der Waals surface area contributed by atoms with E-state index in [2.05, 4.69) is 45.1 Å². The fourth-order valence-electron chi connectivity index (χ4n) is 8.24. The highest BCUT2D eigenvalue weighted by molar-refractivity contribution is 5.89. The second-order valence-corrected chi connectivity index (χ2v) is 13.8. The minimum absolute atomic E-state index is 0.0146. The van der Waals surface area contributed by atoms with Crippen molar-refractivity contribution in [2.45, 2.75) is 88.8 Å². The summed E-state index contributed by atoms with van der Waals surface area (Å²) < 4.78 is 5.88. The fraction of sp³-hybridized carbons (Fsp3) is 0.556. The van der Waals surface area contributed by atoms with Gasteiger partial charge in [0, 0.05) is 63.3 Å². The molecule has 2 aromatic carbocycles. The summed E-state index contributed by atoms with van der Waals surface area (Å²) >= 11 is 0. The van der Waals surface area contributed by atoms with Crippen LogP contribution in [-0.2, 0) is 28.0 Å². The Morgan fingerprint density at radius 3 is 2.57 bits per heavy atom. The number of benzene rings is 2. The molecular formula is C36H47N7O4. The summed E-state index contributed by atoms with van der Waals surface area (Å²) in [5.74, 6) is -0.0146. The highest BCUT2D eigenvalue weighted by Crippen LogP contribution is 2.43. The van der Waals surface area contributed by atoms with Gasteiger partial charge < -0.3 is 24.8 Å². The SMILES string of the molecule is Cc1cc(CC(NC(=O)N2CCC3(CC2)OC(=O)Nc2ccccc23)C(=O)N2CCC(N3CCCCC3)CC2)cc2c1NN=CCC2. The second-order valence-electron chi connectivity index (χ2n) is 13.8. The number of ether oxygens (including phenoxy) is 1. The first-order valence-electron chi connectivity index (χ1n) is 17.5. The third kappa shape index (κ3) is 6.68. The number of hydrogen-bond acceptors (Lipinski definition) is 7. The summed E-state index contributed by atoms with van der Waals surface area (Å²) in [6.45, 7) is 6.63. The molecule has 7 rings (SSSR count). The van der Waals surface area contributed by atoms with E-state index >= 15 is 0 Å². The molecular weight excluding hydrogens is 594 g/mol. The predicted octanol–water partition coefficient (Wildman–Crippen LogP) is 4.99. The van der Waals surface area contributed by atoms with Crippen molar-refractivity contribution in [1.29, 1.82) is 0 Å². The van der Waals surface area contributed by atoms with Crippen LogP contribution in [0.2, 0.25) is 0 Å². The minimum Gasteiger partial charge on any atom is -0.438 e. The Labute approximate surface area is 277 Å². The maximum absolute atomic E-state index is 14.2. The quantitative estimate of drug-likeness (QED) is 0.424. The highest BCUT2D eigenvalue weighted by Gasteiger charge is 2.45. The van der Waals surface area contributed by atoms with E-state index in [0.29, 0.717) is 51.5 Å². The molecule has 4 amide bonds. The molecule has 1 spiro atoms. The van der Waals surface area contributed by atoms with Gasteiger partial charge in [0.05, 0.1) is 11.4 Å². The van der Waals surface area contributed by atoms with Gasteiger partial charge in [-0.3, -0.25) is 15.5 Å². The van der Waals surface area contributed by atoms with Gasteiger partial charge in [-0.2, -0.15) is 5.10 Å². The lowest BCUT2D eigenvalue weighted by Crippen LogP contribution is -2.57. The Bertz CT molecular complexity index is 1520. The van der Waals surface area contributed by atoms with E-state index in [1.54, 1.807) is 4.90 Å². The Morgan fingerprint density at radius 2 is 1.79 bits per heavy atom. The molecule has 3 saturated heterocycles. The van der Waals surface area contributed by atoms with Crippen molar-refractivity contribution in [3.63, 3.8) is 0 Å². The predicted molar refractivity (Wildman–Crippen MR) is 182 cm³/mol. The van der Waals surface area contributed by atoms with E-state index in [9.17, 15) is 14.4 Å². The molecule has 0 saturated carbocycles. The zero-order chi connectivity index (χ0) is 32.4. The smallest absolute Gasteiger partial charge is 0.412 e. The van der Waals surface area contributed by atoms with Crippen LogP contribution in [0, 0.1) is 6.92 Å². The molecule has 3 N–H and O–H groups in total. The van der Waals surface area contributed by atoms with Crippen molar-refractivity contribution < 1.29 is 19.1 Å². The Hall–Kier alpha value is -4.12. The summed E-state index contributed by atoms with van der Waals surface area (Å²) in [6.07, 6.45) is 10.3. The van der Waals surface area contributed by atoms with Crippen LogP contribution in [0.15, 0.2) is 41.5 Å².